The smallest absolute Gasteiger partial charge is 0.124 e. The summed E-state index contributed by atoms with van der Waals surface area (Å²) >= 11 is 0. The van der Waals surface area contributed by atoms with Gasteiger partial charge in [0.05, 0.1) is 6.61 Å². The van der Waals surface area contributed by atoms with Gasteiger partial charge in [0.1, 0.15) is 5.83 Å². The molecular formula is C7H13FO2. The summed E-state index contributed by atoms with van der Waals surface area (Å²) in [5, 5.41) is 16.7. The number of hydrogen-bond donors (Lipinski definition) is 2. The molecule has 10 heavy (non-hydrogen) atoms. The van der Waals surface area contributed by atoms with E-state index in [2.05, 4.69) is 0 Å². The molecule has 0 fully saturated rings. The summed E-state index contributed by atoms with van der Waals surface area (Å²) in [5.41, 5.74) is 0.525. The maximum atomic E-state index is 12.4. The Hall–Kier alpha value is -0.410. The van der Waals surface area contributed by atoms with Crippen molar-refractivity contribution in [3.05, 3.63) is 11.4 Å². The van der Waals surface area contributed by atoms with Crippen LogP contribution in [0.2, 0.25) is 0 Å². The van der Waals surface area contributed by atoms with Gasteiger partial charge in [-0.2, -0.15) is 0 Å². The lowest BCUT2D eigenvalue weighted by Crippen LogP contribution is -1.90. The molecule has 0 spiro atoms. The van der Waals surface area contributed by atoms with E-state index in [0.29, 0.717) is 18.4 Å². The normalized spacial score (nSPS) is 13.2. The van der Waals surface area contributed by atoms with Crippen LogP contribution in [-0.2, 0) is 0 Å². The van der Waals surface area contributed by atoms with E-state index in [1.165, 1.54) is 0 Å². The summed E-state index contributed by atoms with van der Waals surface area (Å²) in [5.74, 6) is -0.478. The van der Waals surface area contributed by atoms with Gasteiger partial charge in [-0.05, 0) is 25.3 Å². The maximum absolute atomic E-state index is 12.4. The molecule has 0 rings (SSSR count). The highest BCUT2D eigenvalue weighted by molar-refractivity contribution is 5.04. The second kappa shape index (κ2) is 5.38. The van der Waals surface area contributed by atoms with Crippen LogP contribution < -0.4 is 0 Å². The molecule has 0 amide bonds. The molecule has 0 saturated carbocycles. The predicted octanol–water partition coefficient (Wildman–Crippen LogP) is 0.995. The number of aliphatic hydroxyl groups is 2. The van der Waals surface area contributed by atoms with E-state index in [1.54, 1.807) is 6.92 Å². The van der Waals surface area contributed by atoms with Gasteiger partial charge < -0.3 is 10.2 Å². The Kier molecular flexibility index (Phi) is 5.16. The summed E-state index contributed by atoms with van der Waals surface area (Å²) in [6, 6.07) is 0. The van der Waals surface area contributed by atoms with Crippen molar-refractivity contribution in [2.75, 3.05) is 13.2 Å². The minimum atomic E-state index is -0.530. The molecule has 0 aliphatic carbocycles. The molecule has 0 bridgehead atoms. The summed E-state index contributed by atoms with van der Waals surface area (Å²) in [6.45, 7) is 1.15. The van der Waals surface area contributed by atoms with Crippen LogP contribution in [0.1, 0.15) is 19.8 Å². The first kappa shape index (κ1) is 9.59. The van der Waals surface area contributed by atoms with E-state index in [9.17, 15) is 4.39 Å². The predicted molar refractivity (Wildman–Crippen MR) is 37.2 cm³/mol. The van der Waals surface area contributed by atoms with Gasteiger partial charge in [0.25, 0.3) is 0 Å². The van der Waals surface area contributed by atoms with Crippen molar-refractivity contribution in [3.8, 4) is 0 Å². The fourth-order valence-corrected chi connectivity index (χ4v) is 0.615. The minimum Gasteiger partial charge on any atom is -0.396 e. The molecule has 0 heterocycles. The molecule has 0 aromatic heterocycles. The Labute approximate surface area is 60.0 Å². The van der Waals surface area contributed by atoms with Crippen molar-refractivity contribution in [3.63, 3.8) is 0 Å². The highest BCUT2D eigenvalue weighted by Gasteiger charge is 1.98. The van der Waals surface area contributed by atoms with Gasteiger partial charge in [0.2, 0.25) is 0 Å². The second-order valence-electron chi connectivity index (χ2n) is 2.17. The maximum Gasteiger partial charge on any atom is 0.124 e. The lowest BCUT2D eigenvalue weighted by atomic mass is 10.1. The Balaban J connectivity index is 3.68. The highest BCUT2D eigenvalue weighted by Crippen LogP contribution is 2.10. The van der Waals surface area contributed by atoms with Crippen LogP contribution in [-0.4, -0.2) is 23.4 Å². The summed E-state index contributed by atoms with van der Waals surface area (Å²) in [7, 11) is 0. The van der Waals surface area contributed by atoms with Gasteiger partial charge in [-0.15, -0.1) is 0 Å². The Morgan fingerprint density at radius 2 is 2.00 bits per heavy atom. The quantitative estimate of drug-likeness (QED) is 0.624. The van der Waals surface area contributed by atoms with Crippen molar-refractivity contribution < 1.29 is 14.6 Å². The van der Waals surface area contributed by atoms with Gasteiger partial charge in [0, 0.05) is 6.61 Å². The minimum absolute atomic E-state index is 0.0655. The van der Waals surface area contributed by atoms with E-state index < -0.39 is 12.4 Å². The van der Waals surface area contributed by atoms with Gasteiger partial charge in [-0.25, -0.2) is 4.39 Å². The monoisotopic (exact) mass is 148 g/mol. The molecule has 0 radical (unpaired) electrons. The Morgan fingerprint density at radius 1 is 1.40 bits per heavy atom. The van der Waals surface area contributed by atoms with Crippen molar-refractivity contribution in [2.45, 2.75) is 19.8 Å². The topological polar surface area (TPSA) is 40.5 Å². The average molecular weight is 148 g/mol. The number of allylic oxidation sites excluding steroid dienone is 1. The van der Waals surface area contributed by atoms with Gasteiger partial charge in [0.15, 0.2) is 0 Å². The van der Waals surface area contributed by atoms with Crippen LogP contribution >= 0.6 is 0 Å². The van der Waals surface area contributed by atoms with Crippen molar-refractivity contribution in [1.29, 1.82) is 0 Å². The van der Waals surface area contributed by atoms with E-state index in [1.807, 2.05) is 0 Å². The van der Waals surface area contributed by atoms with Gasteiger partial charge in [-0.1, -0.05) is 0 Å². The number of hydrogen-bond acceptors (Lipinski definition) is 2. The van der Waals surface area contributed by atoms with Crippen LogP contribution in [0.25, 0.3) is 0 Å². The van der Waals surface area contributed by atoms with Crippen LogP contribution in [0.15, 0.2) is 11.4 Å². The number of halogens is 1. The van der Waals surface area contributed by atoms with Crippen LogP contribution in [0, 0.1) is 0 Å². The zero-order chi connectivity index (χ0) is 7.98. The van der Waals surface area contributed by atoms with Crippen molar-refractivity contribution in [2.24, 2.45) is 0 Å². The first-order valence-electron chi connectivity index (χ1n) is 3.28. The molecule has 2 nitrogen and oxygen atoms in total. The van der Waals surface area contributed by atoms with Crippen molar-refractivity contribution in [1.82, 2.24) is 0 Å². The molecule has 0 atom stereocenters. The number of aliphatic hydroxyl groups excluding tert-OH is 2. The summed E-state index contributed by atoms with van der Waals surface area (Å²) < 4.78 is 12.4. The molecule has 0 unspecified atom stereocenters. The lowest BCUT2D eigenvalue weighted by molar-refractivity contribution is 0.282. The summed E-state index contributed by atoms with van der Waals surface area (Å²) in [6.07, 6.45) is 1.07. The third-order valence-electron chi connectivity index (χ3n) is 1.31. The summed E-state index contributed by atoms with van der Waals surface area (Å²) in [4.78, 5) is 0. The average Bonchev–Trinajstić information content (AvgIpc) is 1.98. The van der Waals surface area contributed by atoms with Crippen molar-refractivity contribution >= 4 is 0 Å². The zero-order valence-electron chi connectivity index (χ0n) is 6.10. The van der Waals surface area contributed by atoms with Crippen LogP contribution in [0.3, 0.4) is 0 Å². The fraction of sp³-hybridized carbons (Fsp3) is 0.714. The van der Waals surface area contributed by atoms with Gasteiger partial charge in [-0.3, -0.25) is 0 Å². The van der Waals surface area contributed by atoms with E-state index in [4.69, 9.17) is 10.2 Å². The molecule has 0 aliphatic rings. The Morgan fingerprint density at radius 3 is 2.40 bits per heavy atom. The molecule has 0 aromatic carbocycles. The second-order valence-corrected chi connectivity index (χ2v) is 2.17. The van der Waals surface area contributed by atoms with E-state index >= 15 is 0 Å². The third kappa shape index (κ3) is 3.58. The van der Waals surface area contributed by atoms with Crippen LogP contribution in [0.4, 0.5) is 4.39 Å². The van der Waals surface area contributed by atoms with E-state index in [0.717, 1.165) is 0 Å². The first-order chi connectivity index (χ1) is 4.72. The Bertz CT molecular complexity index is 121. The molecule has 0 aromatic rings. The largest absolute Gasteiger partial charge is 0.396 e. The molecule has 0 saturated heterocycles. The molecule has 60 valence electrons. The SMILES string of the molecule is C/C(CCCO)=C(/F)CO. The highest BCUT2D eigenvalue weighted by atomic mass is 19.1. The third-order valence-corrected chi connectivity index (χ3v) is 1.31. The fourth-order valence-electron chi connectivity index (χ4n) is 0.615. The van der Waals surface area contributed by atoms with E-state index in [-0.39, 0.29) is 6.61 Å². The first-order valence-corrected chi connectivity index (χ1v) is 3.28. The zero-order valence-corrected chi connectivity index (χ0v) is 6.10. The molecule has 2 N–H and O–H groups in total. The molecule has 0 aliphatic heterocycles. The van der Waals surface area contributed by atoms with Crippen LogP contribution in [0.5, 0.6) is 0 Å². The lowest BCUT2D eigenvalue weighted by Gasteiger charge is -1.99. The molecule has 3 heteroatoms. The molecular weight excluding hydrogens is 135 g/mol. The number of rotatable bonds is 4. The standard InChI is InChI=1S/C7H13FO2/c1-6(3-2-4-9)7(8)5-10/h9-10H,2-5H2,1H3/b7-6-. The van der Waals surface area contributed by atoms with Gasteiger partial charge >= 0.3 is 0 Å².